The van der Waals surface area contributed by atoms with Crippen LogP contribution in [0.15, 0.2) is 36.7 Å². The van der Waals surface area contributed by atoms with Gasteiger partial charge in [0.1, 0.15) is 5.82 Å². The van der Waals surface area contributed by atoms with E-state index >= 15 is 0 Å². The highest BCUT2D eigenvalue weighted by molar-refractivity contribution is 7.91. The van der Waals surface area contributed by atoms with Crippen LogP contribution in [-0.2, 0) is 16.4 Å². The minimum absolute atomic E-state index is 0.0292. The predicted octanol–water partition coefficient (Wildman–Crippen LogP) is 0.0832. The third-order valence-electron chi connectivity index (χ3n) is 4.87. The SMILES string of the molecule is CN(Cc1ccccn1)c1nccc(N2CCN[C@H]3CS(=O)(=O)C[C@H]32)n1. The first-order valence-corrected chi connectivity index (χ1v) is 10.5. The lowest BCUT2D eigenvalue weighted by Gasteiger charge is -2.38. The fourth-order valence-corrected chi connectivity index (χ4v) is 5.60. The van der Waals surface area contributed by atoms with Crippen molar-refractivity contribution < 1.29 is 8.42 Å². The van der Waals surface area contributed by atoms with Crippen LogP contribution < -0.4 is 15.1 Å². The van der Waals surface area contributed by atoms with Crippen LogP contribution in [0.5, 0.6) is 0 Å². The third-order valence-corrected chi connectivity index (χ3v) is 6.59. The number of aromatic nitrogens is 3. The minimum Gasteiger partial charge on any atom is -0.350 e. The molecule has 2 aliphatic heterocycles. The lowest BCUT2D eigenvalue weighted by molar-refractivity contribution is 0.422. The van der Waals surface area contributed by atoms with Crippen LogP contribution in [0.3, 0.4) is 0 Å². The Morgan fingerprint density at radius 3 is 2.92 bits per heavy atom. The van der Waals surface area contributed by atoms with Gasteiger partial charge in [-0.05, 0) is 18.2 Å². The van der Waals surface area contributed by atoms with E-state index in [2.05, 4.69) is 20.2 Å². The van der Waals surface area contributed by atoms with Crippen LogP contribution >= 0.6 is 0 Å². The molecule has 4 heterocycles. The second-order valence-corrected chi connectivity index (χ2v) is 8.94. The first-order valence-electron chi connectivity index (χ1n) is 8.66. The molecule has 4 rings (SSSR count). The Bertz CT molecular complexity index is 876. The molecule has 0 unspecified atom stereocenters. The molecule has 138 valence electrons. The molecule has 26 heavy (non-hydrogen) atoms. The number of hydrogen-bond donors (Lipinski definition) is 1. The molecule has 0 aromatic carbocycles. The Kier molecular flexibility index (Phi) is 4.49. The van der Waals surface area contributed by atoms with Crippen molar-refractivity contribution in [3.8, 4) is 0 Å². The molecule has 8 nitrogen and oxygen atoms in total. The Morgan fingerprint density at radius 1 is 1.23 bits per heavy atom. The summed E-state index contributed by atoms with van der Waals surface area (Å²) in [5, 5.41) is 3.32. The molecule has 0 bridgehead atoms. The highest BCUT2D eigenvalue weighted by Crippen LogP contribution is 2.26. The van der Waals surface area contributed by atoms with Gasteiger partial charge < -0.3 is 15.1 Å². The predicted molar refractivity (Wildman–Crippen MR) is 100.0 cm³/mol. The summed E-state index contributed by atoms with van der Waals surface area (Å²) in [6.45, 7) is 2.09. The van der Waals surface area contributed by atoms with Crippen LogP contribution in [0.4, 0.5) is 11.8 Å². The van der Waals surface area contributed by atoms with Crippen LogP contribution in [0.1, 0.15) is 5.69 Å². The van der Waals surface area contributed by atoms with Crippen molar-refractivity contribution in [2.75, 3.05) is 41.4 Å². The molecular weight excluding hydrogens is 352 g/mol. The Hall–Kier alpha value is -2.26. The summed E-state index contributed by atoms with van der Waals surface area (Å²) in [5.74, 6) is 1.75. The average molecular weight is 374 g/mol. The quantitative estimate of drug-likeness (QED) is 0.805. The van der Waals surface area contributed by atoms with Gasteiger partial charge in [0.25, 0.3) is 0 Å². The van der Waals surface area contributed by atoms with E-state index in [1.807, 2.05) is 36.2 Å². The van der Waals surface area contributed by atoms with Crippen molar-refractivity contribution in [1.29, 1.82) is 0 Å². The summed E-state index contributed by atoms with van der Waals surface area (Å²) < 4.78 is 24.1. The van der Waals surface area contributed by atoms with Gasteiger partial charge in [-0.15, -0.1) is 0 Å². The molecule has 0 aliphatic carbocycles. The van der Waals surface area contributed by atoms with Gasteiger partial charge in [-0.1, -0.05) is 6.07 Å². The van der Waals surface area contributed by atoms with Crippen molar-refractivity contribution in [3.05, 3.63) is 42.4 Å². The van der Waals surface area contributed by atoms with E-state index in [1.165, 1.54) is 0 Å². The lowest BCUT2D eigenvalue weighted by atomic mass is 10.1. The molecule has 0 amide bonds. The molecule has 0 saturated carbocycles. The van der Waals surface area contributed by atoms with Gasteiger partial charge in [0.05, 0.1) is 29.8 Å². The zero-order valence-electron chi connectivity index (χ0n) is 14.6. The fourth-order valence-electron chi connectivity index (χ4n) is 3.64. The van der Waals surface area contributed by atoms with Gasteiger partial charge in [0.2, 0.25) is 5.95 Å². The van der Waals surface area contributed by atoms with Crippen LogP contribution in [0, 0.1) is 0 Å². The smallest absolute Gasteiger partial charge is 0.227 e. The van der Waals surface area contributed by atoms with Crippen LogP contribution in [0.2, 0.25) is 0 Å². The maximum Gasteiger partial charge on any atom is 0.227 e. The number of sulfone groups is 1. The number of fused-ring (bicyclic) bond motifs is 1. The topological polar surface area (TPSA) is 91.3 Å². The number of rotatable bonds is 4. The minimum atomic E-state index is -3.00. The number of hydrogen-bond acceptors (Lipinski definition) is 8. The summed E-state index contributed by atoms with van der Waals surface area (Å²) in [4.78, 5) is 17.4. The normalized spacial score (nSPS) is 24.3. The Balaban J connectivity index is 1.55. The number of pyridine rings is 1. The van der Waals surface area contributed by atoms with Gasteiger partial charge >= 0.3 is 0 Å². The Labute approximate surface area is 153 Å². The molecule has 0 radical (unpaired) electrons. The number of nitrogens with zero attached hydrogens (tertiary/aromatic N) is 5. The van der Waals surface area contributed by atoms with Crippen molar-refractivity contribution >= 4 is 21.6 Å². The van der Waals surface area contributed by atoms with Gasteiger partial charge in [0.15, 0.2) is 9.84 Å². The first kappa shape index (κ1) is 17.2. The van der Waals surface area contributed by atoms with E-state index in [4.69, 9.17) is 4.98 Å². The summed E-state index contributed by atoms with van der Waals surface area (Å²) in [5.41, 5.74) is 0.938. The number of nitrogens with one attached hydrogen (secondary N) is 1. The highest BCUT2D eigenvalue weighted by atomic mass is 32.2. The Morgan fingerprint density at radius 2 is 2.12 bits per heavy atom. The fraction of sp³-hybridized carbons (Fsp3) is 0.471. The lowest BCUT2D eigenvalue weighted by Crippen LogP contribution is -2.57. The molecule has 2 fully saturated rings. The van der Waals surface area contributed by atoms with Gasteiger partial charge in [-0.25, -0.2) is 13.4 Å². The second-order valence-electron chi connectivity index (χ2n) is 6.79. The van der Waals surface area contributed by atoms with E-state index in [9.17, 15) is 8.42 Å². The average Bonchev–Trinajstić information content (AvgIpc) is 2.96. The van der Waals surface area contributed by atoms with Gasteiger partial charge in [0, 0.05) is 38.6 Å². The molecule has 2 atom stereocenters. The monoisotopic (exact) mass is 374 g/mol. The highest BCUT2D eigenvalue weighted by Gasteiger charge is 2.43. The van der Waals surface area contributed by atoms with E-state index < -0.39 is 9.84 Å². The molecular formula is C17H22N6O2S. The summed E-state index contributed by atoms with van der Waals surface area (Å²) in [6, 6.07) is 7.55. The largest absolute Gasteiger partial charge is 0.350 e. The second kappa shape index (κ2) is 6.81. The van der Waals surface area contributed by atoms with Crippen molar-refractivity contribution in [2.45, 2.75) is 18.6 Å². The number of anilines is 2. The molecule has 9 heteroatoms. The summed E-state index contributed by atoms with van der Waals surface area (Å²) in [7, 11) is -1.08. The van der Waals surface area contributed by atoms with Crippen LogP contribution in [0.25, 0.3) is 0 Å². The zero-order chi connectivity index (χ0) is 18.1. The molecule has 2 aromatic rings. The molecule has 2 saturated heterocycles. The first-order chi connectivity index (χ1) is 12.5. The van der Waals surface area contributed by atoms with E-state index in [-0.39, 0.29) is 23.6 Å². The van der Waals surface area contributed by atoms with Gasteiger partial charge in [-0.2, -0.15) is 4.98 Å². The number of piperazine rings is 1. The van der Waals surface area contributed by atoms with Crippen molar-refractivity contribution in [3.63, 3.8) is 0 Å². The van der Waals surface area contributed by atoms with E-state index in [0.717, 1.165) is 24.6 Å². The molecule has 0 spiro atoms. The molecule has 1 N–H and O–H groups in total. The standard InChI is InChI=1S/C17H22N6O2S/c1-22(10-13-4-2-3-6-18-13)17-20-7-5-16(21-17)23-9-8-19-14-11-26(24,25)12-15(14)23/h2-7,14-15,19H,8-12H2,1H3/t14-,15+/m0/s1. The summed E-state index contributed by atoms with van der Waals surface area (Å²) in [6.07, 6.45) is 3.49. The van der Waals surface area contributed by atoms with Crippen LogP contribution in [-0.4, -0.2) is 67.1 Å². The molecule has 2 aliphatic rings. The van der Waals surface area contributed by atoms with E-state index in [1.54, 1.807) is 12.4 Å². The zero-order valence-corrected chi connectivity index (χ0v) is 15.4. The maximum absolute atomic E-state index is 12.0. The third kappa shape index (κ3) is 3.49. The maximum atomic E-state index is 12.0. The van der Waals surface area contributed by atoms with E-state index in [0.29, 0.717) is 12.5 Å². The van der Waals surface area contributed by atoms with Crippen molar-refractivity contribution in [1.82, 2.24) is 20.3 Å². The molecule has 2 aromatic heterocycles. The van der Waals surface area contributed by atoms with Gasteiger partial charge in [-0.3, -0.25) is 4.98 Å². The van der Waals surface area contributed by atoms with Crippen molar-refractivity contribution in [2.24, 2.45) is 0 Å². The summed E-state index contributed by atoms with van der Waals surface area (Å²) >= 11 is 0.